The summed E-state index contributed by atoms with van der Waals surface area (Å²) in [5, 5.41) is 17.7. The van der Waals surface area contributed by atoms with Crippen LogP contribution >= 0.6 is 0 Å². The zero-order valence-electron chi connectivity index (χ0n) is 10.4. The van der Waals surface area contributed by atoms with Gasteiger partial charge in [-0.05, 0) is 25.0 Å². The molecule has 1 aromatic heterocycles. The second-order valence-corrected chi connectivity index (χ2v) is 4.50. The van der Waals surface area contributed by atoms with Crippen molar-refractivity contribution in [3.63, 3.8) is 0 Å². The second kappa shape index (κ2) is 4.72. The van der Waals surface area contributed by atoms with Gasteiger partial charge in [-0.3, -0.25) is 0 Å². The van der Waals surface area contributed by atoms with Crippen molar-refractivity contribution in [2.24, 2.45) is 0 Å². The lowest BCUT2D eigenvalue weighted by Crippen LogP contribution is -2.20. The minimum absolute atomic E-state index is 0.0192. The molecule has 0 atom stereocenters. The molecule has 2 aromatic rings. The lowest BCUT2D eigenvalue weighted by molar-refractivity contribution is 0.0690. The molecule has 0 amide bonds. The first-order valence-electron chi connectivity index (χ1n) is 6.27. The van der Waals surface area contributed by atoms with Gasteiger partial charge in [0.1, 0.15) is 0 Å². The number of para-hydroxylation sites is 1. The van der Waals surface area contributed by atoms with Gasteiger partial charge in [0.05, 0.1) is 5.69 Å². The van der Waals surface area contributed by atoms with Gasteiger partial charge in [0.2, 0.25) is 5.69 Å². The Balaban J connectivity index is 2.04. The van der Waals surface area contributed by atoms with E-state index in [9.17, 15) is 9.90 Å². The van der Waals surface area contributed by atoms with E-state index in [1.54, 1.807) is 0 Å². The molecule has 3 rings (SSSR count). The zero-order valence-corrected chi connectivity index (χ0v) is 10.4. The molecule has 1 fully saturated rings. The Morgan fingerprint density at radius 3 is 2.42 bits per heavy atom. The minimum atomic E-state index is -1.04. The minimum Gasteiger partial charge on any atom is -0.476 e. The highest BCUT2D eigenvalue weighted by atomic mass is 16.4. The molecule has 0 bridgehead atoms. The van der Waals surface area contributed by atoms with Gasteiger partial charge in [0.25, 0.3) is 0 Å². The van der Waals surface area contributed by atoms with Crippen LogP contribution in [0.1, 0.15) is 23.3 Å². The van der Waals surface area contributed by atoms with Crippen molar-refractivity contribution < 1.29 is 9.90 Å². The van der Waals surface area contributed by atoms with Crippen LogP contribution in [0.25, 0.3) is 5.69 Å². The van der Waals surface area contributed by atoms with Crippen molar-refractivity contribution in [2.45, 2.75) is 12.8 Å². The van der Waals surface area contributed by atoms with Crippen LogP contribution in [-0.4, -0.2) is 39.2 Å². The summed E-state index contributed by atoms with van der Waals surface area (Å²) in [5.41, 5.74) is 0.779. The average molecular weight is 258 g/mol. The van der Waals surface area contributed by atoms with Gasteiger partial charge in [-0.15, -0.1) is 15.0 Å². The maximum absolute atomic E-state index is 11.3. The topological polar surface area (TPSA) is 71.2 Å². The van der Waals surface area contributed by atoms with Crippen LogP contribution in [0.2, 0.25) is 0 Å². The third kappa shape index (κ3) is 2.16. The summed E-state index contributed by atoms with van der Waals surface area (Å²) in [6.07, 6.45) is 2.13. The number of benzene rings is 1. The standard InChI is InChI=1S/C13H14N4O2/c18-13(19)11-12(16-8-4-5-9-16)15-17(14-11)10-6-2-1-3-7-10/h1-3,6-7H,4-5,8-9H2,(H,18,19). The first kappa shape index (κ1) is 11.7. The van der Waals surface area contributed by atoms with E-state index in [-0.39, 0.29) is 5.69 Å². The van der Waals surface area contributed by atoms with Crippen molar-refractivity contribution in [3.8, 4) is 5.69 Å². The van der Waals surface area contributed by atoms with Crippen LogP contribution in [0.5, 0.6) is 0 Å². The van der Waals surface area contributed by atoms with E-state index in [1.807, 2.05) is 35.2 Å². The molecular formula is C13H14N4O2. The highest BCUT2D eigenvalue weighted by Gasteiger charge is 2.25. The van der Waals surface area contributed by atoms with Crippen molar-refractivity contribution in [1.29, 1.82) is 0 Å². The highest BCUT2D eigenvalue weighted by Crippen LogP contribution is 2.22. The monoisotopic (exact) mass is 258 g/mol. The predicted octanol–water partition coefficient (Wildman–Crippen LogP) is 1.57. The van der Waals surface area contributed by atoms with Crippen LogP contribution < -0.4 is 4.90 Å². The zero-order chi connectivity index (χ0) is 13.2. The van der Waals surface area contributed by atoms with E-state index in [4.69, 9.17) is 0 Å². The Morgan fingerprint density at radius 1 is 1.11 bits per heavy atom. The summed E-state index contributed by atoms with van der Waals surface area (Å²) in [7, 11) is 0. The lowest BCUT2D eigenvalue weighted by atomic mass is 10.3. The molecule has 0 unspecified atom stereocenters. The number of nitrogens with zero attached hydrogens (tertiary/aromatic N) is 4. The Bertz CT molecular complexity index is 588. The fraction of sp³-hybridized carbons (Fsp3) is 0.308. The number of aromatic nitrogens is 3. The molecule has 2 heterocycles. The van der Waals surface area contributed by atoms with Crippen molar-refractivity contribution in [1.82, 2.24) is 15.0 Å². The molecule has 19 heavy (non-hydrogen) atoms. The summed E-state index contributed by atoms with van der Waals surface area (Å²) in [6.45, 7) is 1.68. The number of carbonyl (C=O) groups is 1. The molecule has 1 aliphatic heterocycles. The fourth-order valence-corrected chi connectivity index (χ4v) is 2.26. The average Bonchev–Trinajstić information content (AvgIpc) is 3.08. The molecule has 1 saturated heterocycles. The Labute approximate surface area is 110 Å². The number of carboxylic acids is 1. The lowest BCUT2D eigenvalue weighted by Gasteiger charge is -2.13. The largest absolute Gasteiger partial charge is 0.476 e. The normalized spacial score (nSPS) is 14.8. The molecule has 6 nitrogen and oxygen atoms in total. The van der Waals surface area contributed by atoms with Crippen molar-refractivity contribution >= 4 is 11.8 Å². The number of anilines is 1. The van der Waals surface area contributed by atoms with Crippen LogP contribution in [0.4, 0.5) is 5.82 Å². The molecule has 0 aliphatic carbocycles. The molecule has 0 radical (unpaired) electrons. The number of hydrogen-bond donors (Lipinski definition) is 1. The molecule has 0 saturated carbocycles. The fourth-order valence-electron chi connectivity index (χ4n) is 2.26. The van der Waals surface area contributed by atoms with Crippen molar-refractivity contribution in [2.75, 3.05) is 18.0 Å². The molecule has 0 spiro atoms. The predicted molar refractivity (Wildman–Crippen MR) is 69.8 cm³/mol. The second-order valence-electron chi connectivity index (χ2n) is 4.50. The Kier molecular flexibility index (Phi) is 2.91. The van der Waals surface area contributed by atoms with E-state index >= 15 is 0 Å². The third-order valence-corrected chi connectivity index (χ3v) is 3.19. The molecule has 6 heteroatoms. The number of aromatic carboxylic acids is 1. The Hall–Kier alpha value is -2.37. The maximum atomic E-state index is 11.3. The maximum Gasteiger partial charge on any atom is 0.360 e. The number of rotatable bonds is 3. The number of carboxylic acid groups (broad SMARTS) is 1. The third-order valence-electron chi connectivity index (χ3n) is 3.19. The van der Waals surface area contributed by atoms with E-state index in [2.05, 4.69) is 10.2 Å². The van der Waals surface area contributed by atoms with Gasteiger partial charge in [0.15, 0.2) is 5.82 Å². The van der Waals surface area contributed by atoms with Gasteiger partial charge in [-0.1, -0.05) is 18.2 Å². The summed E-state index contributed by atoms with van der Waals surface area (Å²) in [5.74, 6) is -0.571. The van der Waals surface area contributed by atoms with Crippen LogP contribution in [-0.2, 0) is 0 Å². The van der Waals surface area contributed by atoms with Crippen LogP contribution in [0, 0.1) is 0 Å². The summed E-state index contributed by atoms with van der Waals surface area (Å²) in [4.78, 5) is 14.6. The van der Waals surface area contributed by atoms with E-state index < -0.39 is 5.97 Å². The molecule has 1 aliphatic rings. The summed E-state index contributed by atoms with van der Waals surface area (Å²) >= 11 is 0. The van der Waals surface area contributed by atoms with Gasteiger partial charge < -0.3 is 10.0 Å². The quantitative estimate of drug-likeness (QED) is 0.904. The Morgan fingerprint density at radius 2 is 1.79 bits per heavy atom. The molecule has 1 aromatic carbocycles. The van der Waals surface area contributed by atoms with Crippen LogP contribution in [0.15, 0.2) is 30.3 Å². The van der Waals surface area contributed by atoms with Gasteiger partial charge in [-0.2, -0.15) is 0 Å². The molecular weight excluding hydrogens is 244 g/mol. The summed E-state index contributed by atoms with van der Waals surface area (Å²) in [6, 6.07) is 9.33. The molecule has 1 N–H and O–H groups in total. The van der Waals surface area contributed by atoms with E-state index in [0.717, 1.165) is 31.6 Å². The van der Waals surface area contributed by atoms with Gasteiger partial charge in [-0.25, -0.2) is 4.79 Å². The SMILES string of the molecule is O=C(O)c1nn(-c2ccccc2)nc1N1CCCC1. The van der Waals surface area contributed by atoms with Gasteiger partial charge in [0, 0.05) is 13.1 Å². The van der Waals surface area contributed by atoms with E-state index in [0.29, 0.717) is 5.82 Å². The van der Waals surface area contributed by atoms with E-state index in [1.165, 1.54) is 4.80 Å². The first-order chi connectivity index (χ1) is 9.25. The summed E-state index contributed by atoms with van der Waals surface area (Å²) < 4.78 is 0. The highest BCUT2D eigenvalue weighted by molar-refractivity contribution is 5.91. The smallest absolute Gasteiger partial charge is 0.360 e. The molecule has 98 valence electrons. The van der Waals surface area contributed by atoms with Crippen molar-refractivity contribution in [3.05, 3.63) is 36.0 Å². The number of hydrogen-bond acceptors (Lipinski definition) is 4. The first-order valence-corrected chi connectivity index (χ1v) is 6.27. The van der Waals surface area contributed by atoms with Crippen LogP contribution in [0.3, 0.4) is 0 Å². The van der Waals surface area contributed by atoms with Gasteiger partial charge >= 0.3 is 5.97 Å².